The van der Waals surface area contributed by atoms with Gasteiger partial charge in [0.2, 0.25) is 5.96 Å². The van der Waals surface area contributed by atoms with Crippen molar-refractivity contribution in [3.63, 3.8) is 0 Å². The molecule has 0 saturated carbocycles. The second-order valence-electron chi connectivity index (χ2n) is 6.54. The molecule has 0 aliphatic heterocycles. The fraction of sp³-hybridized carbons (Fsp3) is 0.174. The molecule has 7 nitrogen and oxygen atoms in total. The van der Waals surface area contributed by atoms with Gasteiger partial charge in [-0.1, -0.05) is 18.2 Å². The summed E-state index contributed by atoms with van der Waals surface area (Å²) in [6.07, 6.45) is 1.71. The number of methoxy groups -OCH3 is 2. The summed E-state index contributed by atoms with van der Waals surface area (Å²) in [4.78, 5) is 21.7. The lowest BCUT2D eigenvalue weighted by molar-refractivity contribution is 0.0976. The first-order valence-electron chi connectivity index (χ1n) is 9.40. The Morgan fingerprint density at radius 3 is 2.40 bits per heavy atom. The lowest BCUT2D eigenvalue weighted by atomic mass is 10.2. The highest BCUT2D eigenvalue weighted by molar-refractivity contribution is 6.10. The SMILES string of the molecule is COc1cc(OC)cc(C(=O)NC(=NCc2ccccn2)Nc2cccc(C)c2)c1. The number of carbonyl (C=O) groups excluding carboxylic acids is 1. The Morgan fingerprint density at radius 2 is 1.77 bits per heavy atom. The van der Waals surface area contributed by atoms with Crippen LogP contribution in [0.2, 0.25) is 0 Å². The summed E-state index contributed by atoms with van der Waals surface area (Å²) in [5.41, 5.74) is 3.09. The van der Waals surface area contributed by atoms with Crippen molar-refractivity contribution >= 4 is 17.6 Å². The molecule has 7 heteroatoms. The smallest absolute Gasteiger partial charge is 0.258 e. The Labute approximate surface area is 175 Å². The first kappa shape index (κ1) is 20.9. The molecule has 0 saturated heterocycles. The van der Waals surface area contributed by atoms with Crippen molar-refractivity contribution in [1.82, 2.24) is 10.3 Å². The predicted molar refractivity (Wildman–Crippen MR) is 117 cm³/mol. The highest BCUT2D eigenvalue weighted by Gasteiger charge is 2.13. The lowest BCUT2D eigenvalue weighted by Crippen LogP contribution is -2.36. The van der Waals surface area contributed by atoms with E-state index < -0.39 is 0 Å². The van der Waals surface area contributed by atoms with Crippen LogP contribution in [0.15, 0.2) is 71.9 Å². The van der Waals surface area contributed by atoms with Gasteiger partial charge in [-0.05, 0) is 48.9 Å². The highest BCUT2D eigenvalue weighted by Crippen LogP contribution is 2.22. The number of guanidine groups is 1. The van der Waals surface area contributed by atoms with Crippen molar-refractivity contribution in [2.45, 2.75) is 13.5 Å². The van der Waals surface area contributed by atoms with E-state index in [-0.39, 0.29) is 5.91 Å². The van der Waals surface area contributed by atoms with E-state index >= 15 is 0 Å². The van der Waals surface area contributed by atoms with E-state index in [0.29, 0.717) is 29.6 Å². The summed E-state index contributed by atoms with van der Waals surface area (Å²) in [7, 11) is 3.07. The standard InChI is InChI=1S/C23H24N4O3/c1-16-7-6-9-18(11-16)26-23(25-15-19-8-4-5-10-24-19)27-22(28)17-12-20(29-2)14-21(13-17)30-3/h4-14H,15H2,1-3H3,(H2,25,26,27,28). The molecule has 0 radical (unpaired) electrons. The van der Waals surface area contributed by atoms with Crippen LogP contribution in [0.5, 0.6) is 11.5 Å². The van der Waals surface area contributed by atoms with Crippen LogP contribution < -0.4 is 20.1 Å². The summed E-state index contributed by atoms with van der Waals surface area (Å²) in [6.45, 7) is 2.31. The minimum atomic E-state index is -0.341. The molecule has 1 aromatic heterocycles. The van der Waals surface area contributed by atoms with Crippen LogP contribution in [0, 0.1) is 6.92 Å². The molecule has 2 aromatic carbocycles. The Hall–Kier alpha value is -3.87. The number of aryl methyl sites for hydroxylation is 1. The van der Waals surface area contributed by atoms with Gasteiger partial charge >= 0.3 is 0 Å². The average Bonchev–Trinajstić information content (AvgIpc) is 2.77. The van der Waals surface area contributed by atoms with E-state index in [0.717, 1.165) is 16.9 Å². The van der Waals surface area contributed by atoms with E-state index in [2.05, 4.69) is 20.6 Å². The average molecular weight is 404 g/mol. The van der Waals surface area contributed by atoms with Crippen molar-refractivity contribution in [1.29, 1.82) is 0 Å². The van der Waals surface area contributed by atoms with Gasteiger partial charge in [0.05, 0.1) is 26.5 Å². The van der Waals surface area contributed by atoms with Gasteiger partial charge in [0.25, 0.3) is 5.91 Å². The fourth-order valence-electron chi connectivity index (χ4n) is 2.74. The largest absolute Gasteiger partial charge is 0.497 e. The zero-order valence-electron chi connectivity index (χ0n) is 17.2. The van der Waals surface area contributed by atoms with Crippen LogP contribution >= 0.6 is 0 Å². The zero-order chi connectivity index (χ0) is 21.3. The molecule has 30 heavy (non-hydrogen) atoms. The predicted octanol–water partition coefficient (Wildman–Crippen LogP) is 3.81. The van der Waals surface area contributed by atoms with Crippen molar-refractivity contribution in [3.05, 3.63) is 83.7 Å². The van der Waals surface area contributed by atoms with Crippen LogP contribution in [-0.2, 0) is 6.54 Å². The van der Waals surface area contributed by atoms with E-state index in [4.69, 9.17) is 9.47 Å². The third-order valence-corrected chi connectivity index (χ3v) is 4.25. The summed E-state index contributed by atoms with van der Waals surface area (Å²) in [5, 5.41) is 6.01. The van der Waals surface area contributed by atoms with Crippen LogP contribution in [0.3, 0.4) is 0 Å². The van der Waals surface area contributed by atoms with Gasteiger partial charge in [-0.25, -0.2) is 4.99 Å². The number of aliphatic imine (C=N–C) groups is 1. The molecule has 1 heterocycles. The first-order valence-corrected chi connectivity index (χ1v) is 9.40. The van der Waals surface area contributed by atoms with Gasteiger partial charge in [-0.15, -0.1) is 0 Å². The minimum absolute atomic E-state index is 0.316. The molecule has 0 fully saturated rings. The first-order chi connectivity index (χ1) is 14.6. The number of aromatic nitrogens is 1. The number of nitrogens with one attached hydrogen (secondary N) is 2. The molecule has 0 spiro atoms. The molecule has 0 bridgehead atoms. The maximum Gasteiger partial charge on any atom is 0.258 e. The van der Waals surface area contributed by atoms with Gasteiger partial charge in [0, 0.05) is 23.5 Å². The highest BCUT2D eigenvalue weighted by atomic mass is 16.5. The number of hydrogen-bond acceptors (Lipinski definition) is 5. The number of nitrogens with zero attached hydrogens (tertiary/aromatic N) is 2. The minimum Gasteiger partial charge on any atom is -0.497 e. The molecule has 1 amide bonds. The number of carbonyl (C=O) groups is 1. The Bertz CT molecular complexity index is 1010. The third kappa shape index (κ3) is 5.81. The van der Waals surface area contributed by atoms with E-state index in [1.807, 2.05) is 49.4 Å². The van der Waals surface area contributed by atoms with Gasteiger partial charge in [-0.3, -0.25) is 15.1 Å². The summed E-state index contributed by atoms with van der Waals surface area (Å²) in [6, 6.07) is 18.4. The maximum atomic E-state index is 12.9. The van der Waals surface area contributed by atoms with Crippen LogP contribution in [0.1, 0.15) is 21.6 Å². The quantitative estimate of drug-likeness (QED) is 0.482. The normalized spacial score (nSPS) is 11.0. The van der Waals surface area contributed by atoms with Crippen molar-refractivity contribution in [3.8, 4) is 11.5 Å². The molecule has 0 aliphatic rings. The number of rotatable bonds is 6. The lowest BCUT2D eigenvalue weighted by Gasteiger charge is -2.13. The second kappa shape index (κ2) is 10.1. The molecule has 0 unspecified atom stereocenters. The Morgan fingerprint density at radius 1 is 1.00 bits per heavy atom. The second-order valence-corrected chi connectivity index (χ2v) is 6.54. The maximum absolute atomic E-state index is 12.9. The molecule has 0 atom stereocenters. The molecule has 3 rings (SSSR count). The van der Waals surface area contributed by atoms with Gasteiger partial charge in [0.15, 0.2) is 0 Å². The summed E-state index contributed by atoms with van der Waals surface area (Å²) >= 11 is 0. The molecule has 0 aliphatic carbocycles. The van der Waals surface area contributed by atoms with Crippen LogP contribution in [0.25, 0.3) is 0 Å². The van der Waals surface area contributed by atoms with E-state index in [9.17, 15) is 4.79 Å². The van der Waals surface area contributed by atoms with Gasteiger partial charge < -0.3 is 14.8 Å². The number of benzene rings is 2. The van der Waals surface area contributed by atoms with Crippen molar-refractivity contribution in [2.75, 3.05) is 19.5 Å². The molecule has 2 N–H and O–H groups in total. The Balaban J connectivity index is 1.85. The van der Waals surface area contributed by atoms with Crippen molar-refractivity contribution in [2.24, 2.45) is 4.99 Å². The number of pyridine rings is 1. The Kier molecular flexibility index (Phi) is 7.00. The van der Waals surface area contributed by atoms with Gasteiger partial charge in [-0.2, -0.15) is 0 Å². The summed E-state index contributed by atoms with van der Waals surface area (Å²) in [5.74, 6) is 1.03. The third-order valence-electron chi connectivity index (χ3n) is 4.25. The van der Waals surface area contributed by atoms with Gasteiger partial charge in [0.1, 0.15) is 11.5 Å². The number of ether oxygens (including phenoxy) is 2. The van der Waals surface area contributed by atoms with E-state index in [1.54, 1.807) is 24.4 Å². The number of anilines is 1. The number of hydrogen-bond donors (Lipinski definition) is 2. The van der Waals surface area contributed by atoms with Crippen LogP contribution in [0.4, 0.5) is 5.69 Å². The zero-order valence-corrected chi connectivity index (χ0v) is 17.2. The monoisotopic (exact) mass is 404 g/mol. The van der Waals surface area contributed by atoms with Crippen LogP contribution in [-0.4, -0.2) is 31.1 Å². The van der Waals surface area contributed by atoms with E-state index in [1.165, 1.54) is 14.2 Å². The fourth-order valence-corrected chi connectivity index (χ4v) is 2.74. The topological polar surface area (TPSA) is 84.8 Å². The number of amides is 1. The van der Waals surface area contributed by atoms with Crippen molar-refractivity contribution < 1.29 is 14.3 Å². The molecular weight excluding hydrogens is 380 g/mol. The molecule has 154 valence electrons. The molecule has 3 aromatic rings. The molecular formula is C23H24N4O3. The summed E-state index contributed by atoms with van der Waals surface area (Å²) < 4.78 is 10.5.